The number of benzene rings is 1. The van der Waals surface area contributed by atoms with E-state index in [4.69, 9.17) is 9.31 Å². The highest BCUT2D eigenvalue weighted by Crippen LogP contribution is 2.36. The Bertz CT molecular complexity index is 490. The van der Waals surface area contributed by atoms with E-state index in [0.717, 1.165) is 17.7 Å². The summed E-state index contributed by atoms with van der Waals surface area (Å²) in [5.41, 5.74) is 0.773. The predicted molar refractivity (Wildman–Crippen MR) is 91.6 cm³/mol. The lowest BCUT2D eigenvalue weighted by molar-refractivity contribution is 0.00578. The molecule has 0 amide bonds. The van der Waals surface area contributed by atoms with Crippen LogP contribution in [0, 0.1) is 0 Å². The van der Waals surface area contributed by atoms with Gasteiger partial charge >= 0.3 is 7.12 Å². The molecule has 1 aromatic rings. The Morgan fingerprint density at radius 3 is 2.00 bits per heavy atom. The van der Waals surface area contributed by atoms with Gasteiger partial charge in [-0.15, -0.1) is 0 Å². The number of hydrogen-bond acceptors (Lipinski definition) is 4. The summed E-state index contributed by atoms with van der Waals surface area (Å²) in [7, 11) is -0.324. The highest BCUT2D eigenvalue weighted by atomic mass is 16.7. The molecule has 1 fully saturated rings. The van der Waals surface area contributed by atoms with Crippen LogP contribution in [-0.2, 0) is 9.31 Å². The Labute approximate surface area is 134 Å². The number of nitrogens with one attached hydrogen (secondary N) is 1. The predicted octanol–water partition coefficient (Wildman–Crippen LogP) is 2.56. The molecule has 1 aliphatic rings. The topological polar surface area (TPSA) is 50.7 Å². The lowest BCUT2D eigenvalue weighted by Gasteiger charge is -2.32. The van der Waals surface area contributed by atoms with Crippen molar-refractivity contribution < 1.29 is 14.4 Å². The van der Waals surface area contributed by atoms with Crippen molar-refractivity contribution in [1.82, 2.24) is 0 Å². The van der Waals surface area contributed by atoms with Crippen LogP contribution in [0.2, 0.25) is 0 Å². The number of hydrogen-bond donors (Lipinski definition) is 2. The van der Waals surface area contributed by atoms with Crippen molar-refractivity contribution in [2.24, 2.45) is 0 Å². The summed E-state index contributed by atoms with van der Waals surface area (Å²) in [5, 5.41) is 13.0. The quantitative estimate of drug-likeness (QED) is 0.821. The van der Waals surface area contributed by atoms with Gasteiger partial charge < -0.3 is 19.7 Å². The molecule has 0 aromatic heterocycles. The largest absolute Gasteiger partial charge is 0.494 e. The zero-order valence-corrected chi connectivity index (χ0v) is 14.6. The Morgan fingerprint density at radius 2 is 1.55 bits per heavy atom. The molecule has 2 N–H and O–H groups in total. The molecule has 0 bridgehead atoms. The van der Waals surface area contributed by atoms with E-state index < -0.39 is 5.60 Å². The summed E-state index contributed by atoms with van der Waals surface area (Å²) in [4.78, 5) is 0. The number of rotatable bonds is 5. The summed E-state index contributed by atoms with van der Waals surface area (Å²) in [5.74, 6) is 0. The summed E-state index contributed by atoms with van der Waals surface area (Å²) in [6.07, 6.45) is 0.700. The minimum atomic E-state index is -0.643. The van der Waals surface area contributed by atoms with Gasteiger partial charge in [-0.1, -0.05) is 12.1 Å². The van der Waals surface area contributed by atoms with Crippen LogP contribution in [0.25, 0.3) is 0 Å². The standard InChI is InChI=1S/C17H28BNO3/c1-15(2,20)11-12-19-14-9-7-13(8-10-14)18-21-16(3,4)17(5,6)22-18/h7-10,19-20H,11-12H2,1-6H3. The van der Waals surface area contributed by atoms with Crippen molar-refractivity contribution in [2.75, 3.05) is 11.9 Å². The maximum absolute atomic E-state index is 9.71. The third-order valence-electron chi connectivity index (χ3n) is 4.50. The highest BCUT2D eigenvalue weighted by molar-refractivity contribution is 6.62. The van der Waals surface area contributed by atoms with Gasteiger partial charge in [0.1, 0.15) is 0 Å². The van der Waals surface area contributed by atoms with Crippen molar-refractivity contribution in [3.05, 3.63) is 24.3 Å². The van der Waals surface area contributed by atoms with Gasteiger partial charge in [-0.05, 0) is 65.6 Å². The first-order valence-corrected chi connectivity index (χ1v) is 7.92. The molecule has 0 radical (unpaired) electrons. The first-order chi connectivity index (χ1) is 10.0. The number of aliphatic hydroxyl groups is 1. The molecule has 0 saturated carbocycles. The molecule has 122 valence electrons. The second-order valence-electron chi connectivity index (χ2n) is 7.70. The van der Waals surface area contributed by atoms with Crippen LogP contribution in [0.15, 0.2) is 24.3 Å². The van der Waals surface area contributed by atoms with Crippen LogP contribution in [0.5, 0.6) is 0 Å². The molecular formula is C17H28BNO3. The molecule has 2 rings (SSSR count). The van der Waals surface area contributed by atoms with Gasteiger partial charge in [0.05, 0.1) is 16.8 Å². The minimum absolute atomic E-state index is 0.318. The summed E-state index contributed by atoms with van der Waals surface area (Å²) in [6.45, 7) is 12.6. The first kappa shape index (κ1) is 17.3. The third-order valence-corrected chi connectivity index (χ3v) is 4.50. The van der Waals surface area contributed by atoms with E-state index in [1.54, 1.807) is 0 Å². The smallest absolute Gasteiger partial charge is 0.399 e. The molecule has 0 spiro atoms. The molecule has 1 aliphatic heterocycles. The van der Waals surface area contributed by atoms with E-state index in [-0.39, 0.29) is 18.3 Å². The average molecular weight is 305 g/mol. The Kier molecular flexibility index (Phi) is 4.62. The third kappa shape index (κ3) is 4.03. The van der Waals surface area contributed by atoms with Gasteiger partial charge in [0.2, 0.25) is 0 Å². The molecule has 4 nitrogen and oxygen atoms in total. The summed E-state index contributed by atoms with van der Waals surface area (Å²) in [6, 6.07) is 8.08. The van der Waals surface area contributed by atoms with E-state index in [0.29, 0.717) is 6.42 Å². The zero-order chi connectivity index (χ0) is 16.6. The van der Waals surface area contributed by atoms with Gasteiger partial charge in [-0.3, -0.25) is 0 Å². The molecule has 5 heteroatoms. The fraction of sp³-hybridized carbons (Fsp3) is 0.647. The van der Waals surface area contributed by atoms with E-state index in [9.17, 15) is 5.11 Å². The van der Waals surface area contributed by atoms with Crippen molar-refractivity contribution >= 4 is 18.3 Å². The summed E-state index contributed by atoms with van der Waals surface area (Å²) < 4.78 is 12.1. The minimum Gasteiger partial charge on any atom is -0.399 e. The zero-order valence-electron chi connectivity index (χ0n) is 14.6. The van der Waals surface area contributed by atoms with Crippen LogP contribution in [0.3, 0.4) is 0 Å². The van der Waals surface area contributed by atoms with Crippen LogP contribution in [-0.4, -0.2) is 35.6 Å². The normalized spacial score (nSPS) is 20.2. The van der Waals surface area contributed by atoms with E-state index in [2.05, 4.69) is 33.0 Å². The van der Waals surface area contributed by atoms with E-state index in [1.807, 2.05) is 38.1 Å². The maximum Gasteiger partial charge on any atom is 0.494 e. The molecule has 0 unspecified atom stereocenters. The average Bonchev–Trinajstić information content (AvgIpc) is 2.58. The van der Waals surface area contributed by atoms with Gasteiger partial charge in [0.15, 0.2) is 0 Å². The van der Waals surface area contributed by atoms with E-state index in [1.165, 1.54) is 0 Å². The lowest BCUT2D eigenvalue weighted by Crippen LogP contribution is -2.41. The molecule has 0 aliphatic carbocycles. The first-order valence-electron chi connectivity index (χ1n) is 7.92. The molecule has 0 atom stereocenters. The van der Waals surface area contributed by atoms with Crippen molar-refractivity contribution in [3.8, 4) is 0 Å². The molecule has 22 heavy (non-hydrogen) atoms. The lowest BCUT2D eigenvalue weighted by atomic mass is 9.79. The fourth-order valence-corrected chi connectivity index (χ4v) is 2.25. The van der Waals surface area contributed by atoms with Crippen LogP contribution < -0.4 is 10.8 Å². The van der Waals surface area contributed by atoms with Crippen LogP contribution >= 0.6 is 0 Å². The maximum atomic E-state index is 9.71. The monoisotopic (exact) mass is 305 g/mol. The van der Waals surface area contributed by atoms with Crippen molar-refractivity contribution in [3.63, 3.8) is 0 Å². The Morgan fingerprint density at radius 1 is 1.05 bits per heavy atom. The fourth-order valence-electron chi connectivity index (χ4n) is 2.25. The van der Waals surface area contributed by atoms with Gasteiger partial charge in [-0.25, -0.2) is 0 Å². The van der Waals surface area contributed by atoms with Gasteiger partial charge in [0.25, 0.3) is 0 Å². The Balaban J connectivity index is 1.96. The van der Waals surface area contributed by atoms with Crippen molar-refractivity contribution in [2.45, 2.75) is 64.8 Å². The molecule has 1 aromatic carbocycles. The molecular weight excluding hydrogens is 277 g/mol. The van der Waals surface area contributed by atoms with Gasteiger partial charge in [-0.2, -0.15) is 0 Å². The van der Waals surface area contributed by atoms with Crippen LogP contribution in [0.4, 0.5) is 5.69 Å². The Hall–Kier alpha value is -1.04. The van der Waals surface area contributed by atoms with Crippen molar-refractivity contribution in [1.29, 1.82) is 0 Å². The second-order valence-corrected chi connectivity index (χ2v) is 7.70. The second kappa shape index (κ2) is 5.87. The summed E-state index contributed by atoms with van der Waals surface area (Å²) >= 11 is 0. The van der Waals surface area contributed by atoms with Crippen LogP contribution in [0.1, 0.15) is 48.0 Å². The molecule has 1 heterocycles. The van der Waals surface area contributed by atoms with Gasteiger partial charge in [0, 0.05) is 12.2 Å². The molecule has 1 saturated heterocycles. The van der Waals surface area contributed by atoms with E-state index >= 15 is 0 Å². The SMILES string of the molecule is CC(C)(O)CCNc1ccc(B2OC(C)(C)C(C)(C)O2)cc1. The number of anilines is 1. The highest BCUT2D eigenvalue weighted by Gasteiger charge is 2.51.